The molecular weight excluding hydrogens is 462 g/mol. The molecule has 0 bridgehead atoms. The number of anilines is 1. The van der Waals surface area contributed by atoms with Gasteiger partial charge in [-0.2, -0.15) is 0 Å². The van der Waals surface area contributed by atoms with Gasteiger partial charge < -0.3 is 10.2 Å². The topological polar surface area (TPSA) is 86.8 Å². The van der Waals surface area contributed by atoms with Crippen LogP contribution in [0, 0.1) is 13.8 Å². The lowest BCUT2D eigenvalue weighted by molar-refractivity contribution is -0.140. The average molecular weight is 500 g/mol. The molecule has 0 spiro atoms. The summed E-state index contributed by atoms with van der Waals surface area (Å²) in [4.78, 5) is 28.6. The van der Waals surface area contributed by atoms with Gasteiger partial charge in [-0.15, -0.1) is 0 Å². The van der Waals surface area contributed by atoms with Crippen LogP contribution in [0.25, 0.3) is 0 Å². The smallest absolute Gasteiger partial charge is 0.244 e. The highest BCUT2D eigenvalue weighted by Crippen LogP contribution is 2.25. The zero-order chi connectivity index (χ0) is 25.6. The summed E-state index contributed by atoms with van der Waals surface area (Å²) in [5.74, 6) is -0.588. The van der Waals surface area contributed by atoms with Crippen molar-refractivity contribution in [1.29, 1.82) is 0 Å². The summed E-state index contributed by atoms with van der Waals surface area (Å²) in [6, 6.07) is 14.4. The first-order valence-corrected chi connectivity index (χ1v) is 14.1. The Morgan fingerprint density at radius 2 is 1.71 bits per heavy atom. The van der Waals surface area contributed by atoms with Crippen molar-refractivity contribution in [2.24, 2.45) is 0 Å². The number of nitrogens with one attached hydrogen (secondary N) is 1. The normalized spacial score (nSPS) is 15.0. The fourth-order valence-electron chi connectivity index (χ4n) is 4.65. The van der Waals surface area contributed by atoms with Crippen molar-refractivity contribution in [3.8, 4) is 0 Å². The van der Waals surface area contributed by atoms with Crippen LogP contribution in [-0.2, 0) is 26.2 Å². The Hall–Kier alpha value is -2.87. The molecule has 1 N–H and O–H groups in total. The van der Waals surface area contributed by atoms with Crippen LogP contribution in [0.5, 0.6) is 0 Å². The second kappa shape index (κ2) is 11.7. The van der Waals surface area contributed by atoms with Gasteiger partial charge in [-0.1, -0.05) is 62.2 Å². The largest absolute Gasteiger partial charge is 0.352 e. The fourth-order valence-corrected chi connectivity index (χ4v) is 5.55. The number of nitrogens with zero attached hydrogens (tertiary/aromatic N) is 2. The van der Waals surface area contributed by atoms with E-state index in [2.05, 4.69) is 5.32 Å². The van der Waals surface area contributed by atoms with E-state index in [4.69, 9.17) is 0 Å². The van der Waals surface area contributed by atoms with Gasteiger partial charge in [-0.05, 0) is 55.9 Å². The lowest BCUT2D eigenvalue weighted by atomic mass is 10.1. The Morgan fingerprint density at radius 1 is 1.06 bits per heavy atom. The highest BCUT2D eigenvalue weighted by atomic mass is 32.2. The maximum Gasteiger partial charge on any atom is 0.244 e. The number of sulfonamides is 1. The fraction of sp³-hybridized carbons (Fsp3) is 0.481. The monoisotopic (exact) mass is 499 g/mol. The number of carbonyl (C=O) groups excluding carboxylic acids is 2. The van der Waals surface area contributed by atoms with Gasteiger partial charge >= 0.3 is 0 Å². The van der Waals surface area contributed by atoms with Crippen LogP contribution in [0.15, 0.2) is 48.5 Å². The van der Waals surface area contributed by atoms with Crippen LogP contribution in [0.2, 0.25) is 0 Å². The summed E-state index contributed by atoms with van der Waals surface area (Å²) >= 11 is 0. The Morgan fingerprint density at radius 3 is 2.31 bits per heavy atom. The Kier molecular flexibility index (Phi) is 8.94. The molecule has 8 heteroatoms. The number of amides is 2. The Balaban J connectivity index is 1.93. The number of benzene rings is 2. The molecule has 1 fully saturated rings. The molecule has 1 aliphatic carbocycles. The predicted octanol–water partition coefficient (Wildman–Crippen LogP) is 3.94. The highest BCUT2D eigenvalue weighted by Gasteiger charge is 2.33. The molecule has 0 aromatic heterocycles. The molecule has 0 radical (unpaired) electrons. The summed E-state index contributed by atoms with van der Waals surface area (Å²) in [7, 11) is -3.74. The molecule has 2 aromatic rings. The summed E-state index contributed by atoms with van der Waals surface area (Å²) in [5.41, 5.74) is 3.01. The van der Waals surface area contributed by atoms with Crippen LogP contribution in [0.4, 0.5) is 5.69 Å². The molecule has 2 aromatic carbocycles. The lowest BCUT2D eigenvalue weighted by Crippen LogP contribution is -2.53. The molecule has 1 atom stereocenters. The van der Waals surface area contributed by atoms with E-state index in [1.807, 2.05) is 63.2 Å². The number of carbonyl (C=O) groups is 2. The number of aryl methyl sites for hydroxylation is 2. The van der Waals surface area contributed by atoms with Crippen molar-refractivity contribution in [3.63, 3.8) is 0 Å². The Labute approximate surface area is 209 Å². The quantitative estimate of drug-likeness (QED) is 0.537. The molecule has 190 valence electrons. The zero-order valence-electron chi connectivity index (χ0n) is 21.2. The van der Waals surface area contributed by atoms with E-state index < -0.39 is 22.0 Å². The van der Waals surface area contributed by atoms with Gasteiger partial charge in [0.15, 0.2) is 0 Å². The van der Waals surface area contributed by atoms with Crippen molar-refractivity contribution in [2.75, 3.05) is 17.1 Å². The minimum Gasteiger partial charge on any atom is -0.352 e. The molecule has 35 heavy (non-hydrogen) atoms. The second-order valence-electron chi connectivity index (χ2n) is 9.48. The predicted molar refractivity (Wildman–Crippen MR) is 140 cm³/mol. The third kappa shape index (κ3) is 7.07. The van der Waals surface area contributed by atoms with E-state index in [0.717, 1.165) is 52.9 Å². The maximum absolute atomic E-state index is 13.8. The van der Waals surface area contributed by atoms with Gasteiger partial charge in [0.25, 0.3) is 0 Å². The van der Waals surface area contributed by atoms with Gasteiger partial charge in [0, 0.05) is 12.6 Å². The van der Waals surface area contributed by atoms with Gasteiger partial charge in [-0.25, -0.2) is 8.42 Å². The average Bonchev–Trinajstić information content (AvgIpc) is 3.32. The molecule has 7 nitrogen and oxygen atoms in total. The standard InChI is InChI=1S/C27H37N3O4S/c1-5-24(27(32)28-23-13-9-10-14-23)29(18-22-11-7-6-8-12-22)26(31)19-30(35(4,33)34)25-17-20(2)15-16-21(25)3/h6-8,11-12,15-17,23-24H,5,9-10,13-14,18-19H2,1-4H3,(H,28,32)/t24-/m1/s1. The first-order chi connectivity index (χ1) is 16.6. The van der Waals surface area contributed by atoms with E-state index in [1.165, 1.54) is 4.90 Å². The van der Waals surface area contributed by atoms with Gasteiger partial charge in [0.05, 0.1) is 11.9 Å². The summed E-state index contributed by atoms with van der Waals surface area (Å²) in [5, 5.41) is 3.12. The highest BCUT2D eigenvalue weighted by molar-refractivity contribution is 7.92. The summed E-state index contributed by atoms with van der Waals surface area (Å²) in [6.07, 6.45) is 5.61. The zero-order valence-corrected chi connectivity index (χ0v) is 22.0. The molecule has 2 amide bonds. The molecular formula is C27H37N3O4S. The van der Waals surface area contributed by atoms with E-state index in [-0.39, 0.29) is 25.0 Å². The minimum atomic E-state index is -3.74. The van der Waals surface area contributed by atoms with Crippen LogP contribution in [0.1, 0.15) is 55.7 Å². The van der Waals surface area contributed by atoms with Gasteiger partial charge in [-0.3, -0.25) is 13.9 Å². The first kappa shape index (κ1) is 26.7. The summed E-state index contributed by atoms with van der Waals surface area (Å²) in [6.45, 7) is 5.43. The van der Waals surface area contributed by atoms with E-state index in [0.29, 0.717) is 12.1 Å². The van der Waals surface area contributed by atoms with Crippen molar-refractivity contribution in [1.82, 2.24) is 10.2 Å². The van der Waals surface area contributed by atoms with Gasteiger partial charge in [0.2, 0.25) is 21.8 Å². The first-order valence-electron chi connectivity index (χ1n) is 12.3. The van der Waals surface area contributed by atoms with Crippen LogP contribution < -0.4 is 9.62 Å². The Bertz CT molecular complexity index is 1130. The molecule has 0 aliphatic heterocycles. The maximum atomic E-state index is 13.8. The molecule has 3 rings (SSSR count). The van der Waals surface area contributed by atoms with E-state index >= 15 is 0 Å². The summed E-state index contributed by atoms with van der Waals surface area (Å²) < 4.78 is 26.7. The third-order valence-electron chi connectivity index (χ3n) is 6.60. The molecule has 1 aliphatic rings. The SMILES string of the molecule is CC[C@H](C(=O)NC1CCCC1)N(Cc1ccccc1)C(=O)CN(c1cc(C)ccc1C)S(C)(=O)=O. The molecule has 0 saturated heterocycles. The van der Waals surface area contributed by atoms with Crippen LogP contribution in [0.3, 0.4) is 0 Å². The van der Waals surface area contributed by atoms with Crippen molar-refractivity contribution >= 4 is 27.5 Å². The van der Waals surface area contributed by atoms with Crippen LogP contribution in [-0.4, -0.2) is 50.0 Å². The minimum absolute atomic E-state index is 0.132. The molecule has 0 heterocycles. The number of hydrogen-bond donors (Lipinski definition) is 1. The van der Waals surface area contributed by atoms with Crippen molar-refractivity contribution in [2.45, 2.75) is 71.5 Å². The van der Waals surface area contributed by atoms with E-state index in [1.54, 1.807) is 6.07 Å². The number of hydrogen-bond acceptors (Lipinski definition) is 4. The van der Waals surface area contributed by atoms with E-state index in [9.17, 15) is 18.0 Å². The van der Waals surface area contributed by atoms with Gasteiger partial charge in [0.1, 0.15) is 12.6 Å². The molecule has 1 saturated carbocycles. The second-order valence-corrected chi connectivity index (χ2v) is 11.4. The molecule has 0 unspecified atom stereocenters. The lowest BCUT2D eigenvalue weighted by Gasteiger charge is -2.33. The van der Waals surface area contributed by atoms with Crippen molar-refractivity contribution in [3.05, 3.63) is 65.2 Å². The van der Waals surface area contributed by atoms with Crippen molar-refractivity contribution < 1.29 is 18.0 Å². The third-order valence-corrected chi connectivity index (χ3v) is 7.72. The number of rotatable bonds is 10. The van der Waals surface area contributed by atoms with Crippen LogP contribution >= 0.6 is 0 Å².